The Morgan fingerprint density at radius 3 is 2.14 bits per heavy atom. The van der Waals surface area contributed by atoms with E-state index in [0.717, 1.165) is 5.56 Å². The molecule has 35 heavy (non-hydrogen) atoms. The molecule has 4 amide bonds. The number of primary amides is 1. The fraction of sp³-hybridized carbons (Fsp3) is 0.500. The van der Waals surface area contributed by atoms with Crippen molar-refractivity contribution in [2.75, 3.05) is 13.1 Å². The van der Waals surface area contributed by atoms with Crippen molar-refractivity contribution < 1.29 is 24.3 Å². The van der Waals surface area contributed by atoms with Crippen molar-refractivity contribution in [1.29, 1.82) is 0 Å². The lowest BCUT2D eigenvalue weighted by Gasteiger charge is -2.23. The molecule has 0 aliphatic rings. The maximum Gasteiger partial charge on any atom is 0.404 e. The van der Waals surface area contributed by atoms with Gasteiger partial charge >= 0.3 is 6.09 Å². The number of nitrogens with one attached hydrogen (secondary N) is 3. The first kappa shape index (κ1) is 29.2. The number of aliphatic imine (C=N–C) groups is 1. The van der Waals surface area contributed by atoms with Crippen molar-refractivity contribution >= 4 is 29.8 Å². The highest BCUT2D eigenvalue weighted by Crippen LogP contribution is 2.07. The number of carboxylic acid groups (broad SMARTS) is 1. The average molecular weight is 493 g/mol. The number of nitrogens with zero attached hydrogens (tertiary/aromatic N) is 1. The molecule has 194 valence electrons. The Hall–Kier alpha value is -3.87. The fourth-order valence-electron chi connectivity index (χ4n) is 3.21. The zero-order valence-corrected chi connectivity index (χ0v) is 19.6. The molecule has 0 saturated carbocycles. The summed E-state index contributed by atoms with van der Waals surface area (Å²) in [6.07, 6.45) is 0.944. The summed E-state index contributed by atoms with van der Waals surface area (Å²) >= 11 is 0. The third-order valence-corrected chi connectivity index (χ3v) is 5.08. The molecule has 0 spiro atoms. The third kappa shape index (κ3) is 12.8. The van der Waals surface area contributed by atoms with Crippen LogP contribution in [0, 0.1) is 0 Å². The SMILES string of the molecule is NC(=O)[C@H](CCCCNC(=O)O)NC(=O)[C@H](Cc1ccccc1)NC(=O)[C@H](N)CCCN=C(N)N. The van der Waals surface area contributed by atoms with Gasteiger partial charge in [0.15, 0.2) is 5.96 Å². The number of hydrogen-bond donors (Lipinski definition) is 8. The first-order valence-corrected chi connectivity index (χ1v) is 11.3. The molecule has 13 heteroatoms. The first-order valence-electron chi connectivity index (χ1n) is 11.3. The Morgan fingerprint density at radius 2 is 1.54 bits per heavy atom. The lowest BCUT2D eigenvalue weighted by molar-refractivity contribution is -0.131. The van der Waals surface area contributed by atoms with Crippen molar-refractivity contribution in [3.63, 3.8) is 0 Å². The summed E-state index contributed by atoms with van der Waals surface area (Å²) < 4.78 is 0. The quantitative estimate of drug-likeness (QED) is 0.0765. The second-order valence-corrected chi connectivity index (χ2v) is 8.00. The standard InChI is InChI=1S/C22H36N8O5/c23-15(9-6-12-27-21(25)26)19(32)30-17(13-14-7-2-1-3-8-14)20(33)29-16(18(24)31)10-4-5-11-28-22(34)35/h1-3,7-8,15-17,28H,4-6,9-13,23H2,(H2,24,31)(H,29,33)(H,30,32)(H,34,35)(H4,25,26,27)/t15-,16+,17+/m1/s1. The molecule has 1 aromatic rings. The largest absolute Gasteiger partial charge is 0.465 e. The van der Waals surface area contributed by atoms with Crippen molar-refractivity contribution in [1.82, 2.24) is 16.0 Å². The maximum absolute atomic E-state index is 13.0. The predicted octanol–water partition coefficient (Wildman–Crippen LogP) is -1.50. The van der Waals surface area contributed by atoms with Gasteiger partial charge in [-0.25, -0.2) is 4.79 Å². The number of guanidine groups is 1. The molecule has 0 aliphatic heterocycles. The van der Waals surface area contributed by atoms with Gasteiger partial charge in [0, 0.05) is 19.5 Å². The number of hydrogen-bond acceptors (Lipinski definition) is 6. The van der Waals surface area contributed by atoms with Crippen LogP contribution >= 0.6 is 0 Å². The highest BCUT2D eigenvalue weighted by Gasteiger charge is 2.27. The van der Waals surface area contributed by atoms with Gasteiger partial charge in [0.25, 0.3) is 0 Å². The van der Waals surface area contributed by atoms with Gasteiger partial charge in [0.05, 0.1) is 6.04 Å². The van der Waals surface area contributed by atoms with Gasteiger partial charge in [-0.15, -0.1) is 0 Å². The second-order valence-electron chi connectivity index (χ2n) is 8.00. The molecule has 0 aromatic heterocycles. The number of benzene rings is 1. The number of nitrogens with two attached hydrogens (primary N) is 4. The van der Waals surface area contributed by atoms with Crippen LogP contribution in [0.1, 0.15) is 37.7 Å². The lowest BCUT2D eigenvalue weighted by atomic mass is 10.0. The number of carbonyl (C=O) groups is 4. The molecule has 12 N–H and O–H groups in total. The van der Waals surface area contributed by atoms with Crippen LogP contribution in [0.15, 0.2) is 35.3 Å². The Labute approximate surface area is 204 Å². The predicted molar refractivity (Wildman–Crippen MR) is 131 cm³/mol. The van der Waals surface area contributed by atoms with Gasteiger partial charge in [-0.3, -0.25) is 19.4 Å². The van der Waals surface area contributed by atoms with Gasteiger partial charge < -0.3 is 44.0 Å². The maximum atomic E-state index is 13.0. The number of carbonyl (C=O) groups excluding carboxylic acids is 3. The van der Waals surface area contributed by atoms with E-state index in [0.29, 0.717) is 32.2 Å². The van der Waals surface area contributed by atoms with Crippen LogP contribution in [-0.4, -0.2) is 66.1 Å². The molecule has 1 aromatic carbocycles. The number of unbranched alkanes of at least 4 members (excludes halogenated alkanes) is 1. The summed E-state index contributed by atoms with van der Waals surface area (Å²) in [5.74, 6) is -1.89. The molecule has 0 radical (unpaired) electrons. The van der Waals surface area contributed by atoms with E-state index in [1.54, 1.807) is 12.1 Å². The van der Waals surface area contributed by atoms with Crippen LogP contribution in [0.5, 0.6) is 0 Å². The van der Waals surface area contributed by atoms with E-state index in [4.69, 9.17) is 28.0 Å². The Bertz CT molecular complexity index is 861. The minimum absolute atomic E-state index is 0.0511. The Kier molecular flexibility index (Phi) is 13.2. The molecule has 1 rings (SSSR count). The molecule has 13 nitrogen and oxygen atoms in total. The van der Waals surface area contributed by atoms with E-state index in [1.807, 2.05) is 18.2 Å². The molecule has 0 heterocycles. The summed E-state index contributed by atoms with van der Waals surface area (Å²) in [5.41, 5.74) is 22.7. The highest BCUT2D eigenvalue weighted by atomic mass is 16.4. The normalized spacial score (nSPS) is 13.1. The van der Waals surface area contributed by atoms with E-state index in [1.165, 1.54) is 0 Å². The monoisotopic (exact) mass is 492 g/mol. The third-order valence-electron chi connectivity index (χ3n) is 5.08. The van der Waals surface area contributed by atoms with Crippen molar-refractivity contribution in [3.05, 3.63) is 35.9 Å². The van der Waals surface area contributed by atoms with Gasteiger partial charge in [-0.05, 0) is 37.7 Å². The molecular formula is C22H36N8O5. The zero-order valence-electron chi connectivity index (χ0n) is 19.6. The van der Waals surface area contributed by atoms with E-state index in [-0.39, 0.29) is 25.3 Å². The first-order chi connectivity index (χ1) is 16.6. The fourth-order valence-corrected chi connectivity index (χ4v) is 3.21. The average Bonchev–Trinajstić information content (AvgIpc) is 2.80. The van der Waals surface area contributed by atoms with E-state index >= 15 is 0 Å². The van der Waals surface area contributed by atoms with Gasteiger partial charge in [0.2, 0.25) is 17.7 Å². The Balaban J connectivity index is 2.78. The summed E-state index contributed by atoms with van der Waals surface area (Å²) in [7, 11) is 0. The van der Waals surface area contributed by atoms with Crippen LogP contribution in [-0.2, 0) is 20.8 Å². The molecule has 0 bridgehead atoms. The van der Waals surface area contributed by atoms with E-state index in [9.17, 15) is 19.2 Å². The lowest BCUT2D eigenvalue weighted by Crippen LogP contribution is -2.56. The highest BCUT2D eigenvalue weighted by molar-refractivity contribution is 5.92. The summed E-state index contributed by atoms with van der Waals surface area (Å²) in [6.45, 7) is 0.530. The smallest absolute Gasteiger partial charge is 0.404 e. The number of rotatable bonds is 16. The van der Waals surface area contributed by atoms with Crippen LogP contribution in [0.3, 0.4) is 0 Å². The number of amides is 4. The van der Waals surface area contributed by atoms with Crippen LogP contribution < -0.4 is 38.9 Å². The Morgan fingerprint density at radius 1 is 0.886 bits per heavy atom. The van der Waals surface area contributed by atoms with Crippen LogP contribution in [0.4, 0.5) is 4.79 Å². The summed E-state index contributed by atoms with van der Waals surface area (Å²) in [6, 6.07) is 6.19. The summed E-state index contributed by atoms with van der Waals surface area (Å²) in [5, 5.41) is 16.1. The van der Waals surface area contributed by atoms with Crippen LogP contribution in [0.2, 0.25) is 0 Å². The molecule has 0 saturated heterocycles. The van der Waals surface area contributed by atoms with Crippen molar-refractivity contribution in [2.24, 2.45) is 27.9 Å². The van der Waals surface area contributed by atoms with Gasteiger partial charge in [-0.1, -0.05) is 30.3 Å². The van der Waals surface area contributed by atoms with Crippen molar-refractivity contribution in [3.8, 4) is 0 Å². The molecule has 3 atom stereocenters. The van der Waals surface area contributed by atoms with Crippen LogP contribution in [0.25, 0.3) is 0 Å². The van der Waals surface area contributed by atoms with Gasteiger partial charge in [-0.2, -0.15) is 0 Å². The van der Waals surface area contributed by atoms with Crippen molar-refractivity contribution in [2.45, 2.75) is 56.7 Å². The molecular weight excluding hydrogens is 456 g/mol. The topological polar surface area (TPSA) is 241 Å². The van der Waals surface area contributed by atoms with E-state index in [2.05, 4.69) is 20.9 Å². The summed E-state index contributed by atoms with van der Waals surface area (Å²) in [4.78, 5) is 51.9. The van der Waals surface area contributed by atoms with Gasteiger partial charge in [0.1, 0.15) is 12.1 Å². The molecule has 0 fully saturated rings. The second kappa shape index (κ2) is 15.9. The molecule has 0 unspecified atom stereocenters. The molecule has 0 aliphatic carbocycles. The minimum Gasteiger partial charge on any atom is -0.465 e. The van der Waals surface area contributed by atoms with E-state index < -0.39 is 41.9 Å². The zero-order chi connectivity index (χ0) is 26.2. The minimum atomic E-state index is -1.14.